The fourth-order valence-electron chi connectivity index (χ4n) is 3.56. The molecule has 6 nitrogen and oxygen atoms in total. The van der Waals surface area contributed by atoms with Gasteiger partial charge in [-0.25, -0.2) is 4.98 Å². The zero-order valence-corrected chi connectivity index (χ0v) is 18.9. The van der Waals surface area contributed by atoms with Gasteiger partial charge in [0.25, 0.3) is 0 Å². The number of azo groups is 1. The molecule has 0 saturated heterocycles. The van der Waals surface area contributed by atoms with Crippen LogP contribution in [0.15, 0.2) is 70.9 Å². The van der Waals surface area contributed by atoms with Gasteiger partial charge in [-0.15, -0.1) is 0 Å². The van der Waals surface area contributed by atoms with Crippen molar-refractivity contribution in [2.75, 3.05) is 37.0 Å². The van der Waals surface area contributed by atoms with Gasteiger partial charge in [-0.05, 0) is 62.4 Å². The van der Waals surface area contributed by atoms with E-state index in [-0.39, 0.29) is 0 Å². The topological polar surface area (TPSA) is 48.0 Å². The average Bonchev–Trinajstić information content (AvgIpc) is 2.82. The normalized spacial score (nSPS) is 11.5. The fraction of sp³-hybridized carbons (Fsp3) is 0.280. The number of nitrogens with zero attached hydrogens (tertiary/aromatic N) is 6. The first-order valence-corrected chi connectivity index (χ1v) is 10.7. The Bertz CT molecular complexity index is 1250. The van der Waals surface area contributed by atoms with Crippen LogP contribution in [-0.2, 0) is 7.05 Å². The highest BCUT2D eigenvalue weighted by molar-refractivity contribution is 5.84. The van der Waals surface area contributed by atoms with Crippen LogP contribution in [0.2, 0.25) is 0 Å². The maximum atomic E-state index is 4.84. The minimum absolute atomic E-state index is 0.806. The molecule has 6 heteroatoms. The van der Waals surface area contributed by atoms with Gasteiger partial charge in [0.2, 0.25) is 11.0 Å². The Balaban J connectivity index is 1.68. The molecule has 31 heavy (non-hydrogen) atoms. The Labute approximate surface area is 183 Å². The van der Waals surface area contributed by atoms with Gasteiger partial charge < -0.3 is 9.80 Å². The quantitative estimate of drug-likeness (QED) is 0.237. The molecule has 158 valence electrons. The molecule has 1 aromatic heterocycles. The van der Waals surface area contributed by atoms with Crippen LogP contribution >= 0.6 is 0 Å². The van der Waals surface area contributed by atoms with Gasteiger partial charge in [-0.3, -0.25) is 0 Å². The molecule has 0 unspecified atom stereocenters. The lowest BCUT2D eigenvalue weighted by atomic mass is 10.2. The number of benzene rings is 3. The molecule has 0 amide bonds. The zero-order valence-electron chi connectivity index (χ0n) is 18.9. The molecule has 0 N–H and O–H groups in total. The molecule has 0 spiro atoms. The Hall–Kier alpha value is -3.54. The molecule has 0 aliphatic rings. The van der Waals surface area contributed by atoms with E-state index in [0.29, 0.717) is 0 Å². The van der Waals surface area contributed by atoms with E-state index in [0.717, 1.165) is 46.5 Å². The molecule has 3 aromatic carbocycles. The second-order valence-corrected chi connectivity index (χ2v) is 7.76. The first-order chi connectivity index (χ1) is 15.0. The predicted octanol–water partition coefficient (Wildman–Crippen LogP) is 5.54. The molecule has 0 aliphatic carbocycles. The first kappa shape index (κ1) is 20.7. The van der Waals surface area contributed by atoms with Crippen molar-refractivity contribution in [2.24, 2.45) is 17.3 Å². The van der Waals surface area contributed by atoms with E-state index in [1.54, 1.807) is 0 Å². The molecule has 4 rings (SSSR count). The monoisotopic (exact) mass is 413 g/mol. The number of hydrogen-bond donors (Lipinski definition) is 0. The predicted molar refractivity (Wildman–Crippen MR) is 129 cm³/mol. The first-order valence-electron chi connectivity index (χ1n) is 10.7. The molecule has 0 atom stereocenters. The smallest absolute Gasteiger partial charge is 0.233 e. The molecule has 0 fully saturated rings. The summed E-state index contributed by atoms with van der Waals surface area (Å²) in [5.41, 5.74) is 8.04. The highest BCUT2D eigenvalue weighted by Gasteiger charge is 2.15. The molecule has 4 aromatic rings. The summed E-state index contributed by atoms with van der Waals surface area (Å²) < 4.78 is 2.18. The number of hydrogen-bond acceptors (Lipinski definition) is 5. The van der Waals surface area contributed by atoms with Gasteiger partial charge >= 0.3 is 0 Å². The van der Waals surface area contributed by atoms with E-state index in [4.69, 9.17) is 4.98 Å². The van der Waals surface area contributed by atoms with Crippen LogP contribution < -0.4 is 14.4 Å². The van der Waals surface area contributed by atoms with E-state index >= 15 is 0 Å². The SMILES string of the molecule is CCN(C)c1ccc(N=Nc2ccc3nc4ccc(N(C)CC)cc4[n+](C)c3c2)cc1. The third kappa shape index (κ3) is 4.19. The summed E-state index contributed by atoms with van der Waals surface area (Å²) in [6, 6.07) is 20.5. The van der Waals surface area contributed by atoms with Crippen LogP contribution in [0, 0.1) is 0 Å². The van der Waals surface area contributed by atoms with Gasteiger partial charge in [-0.2, -0.15) is 14.8 Å². The number of fused-ring (bicyclic) bond motifs is 2. The summed E-state index contributed by atoms with van der Waals surface area (Å²) in [7, 11) is 6.25. The van der Waals surface area contributed by atoms with Gasteiger partial charge in [0, 0.05) is 50.7 Å². The summed E-state index contributed by atoms with van der Waals surface area (Å²) in [6.07, 6.45) is 0. The van der Waals surface area contributed by atoms with Gasteiger partial charge in [0.15, 0.2) is 0 Å². The maximum absolute atomic E-state index is 4.84. The van der Waals surface area contributed by atoms with Crippen LogP contribution in [0.3, 0.4) is 0 Å². The number of aryl methyl sites for hydroxylation is 1. The van der Waals surface area contributed by atoms with Crippen molar-refractivity contribution in [1.29, 1.82) is 0 Å². The zero-order chi connectivity index (χ0) is 22.0. The standard InChI is InChI=1S/C25H29N6/c1-6-29(3)20-11-8-18(9-12-20)27-28-19-10-14-22-24(16-19)31(5)25-17-21(30(4)7-2)13-15-23(25)26-22/h8-17H,6-7H2,1-5H3/q+1. The highest BCUT2D eigenvalue weighted by Crippen LogP contribution is 2.25. The summed E-state index contributed by atoms with van der Waals surface area (Å²) >= 11 is 0. The van der Waals surface area contributed by atoms with Gasteiger partial charge in [0.05, 0.1) is 11.4 Å². The van der Waals surface area contributed by atoms with Crippen LogP contribution in [-0.4, -0.2) is 32.2 Å². The van der Waals surface area contributed by atoms with E-state index in [1.165, 1.54) is 11.4 Å². The lowest BCUT2D eigenvalue weighted by Crippen LogP contribution is -2.31. The summed E-state index contributed by atoms with van der Waals surface area (Å²) in [6.45, 7) is 6.20. The molecule has 0 aliphatic heterocycles. The van der Waals surface area contributed by atoms with Crippen LogP contribution in [0.25, 0.3) is 22.1 Å². The maximum Gasteiger partial charge on any atom is 0.233 e. The van der Waals surface area contributed by atoms with Crippen molar-refractivity contribution in [3.05, 3.63) is 60.7 Å². The third-order valence-electron chi connectivity index (χ3n) is 5.84. The van der Waals surface area contributed by atoms with Crippen LogP contribution in [0.1, 0.15) is 13.8 Å². The lowest BCUT2D eigenvalue weighted by molar-refractivity contribution is -0.617. The highest BCUT2D eigenvalue weighted by atomic mass is 15.1. The van der Waals surface area contributed by atoms with Gasteiger partial charge in [0.1, 0.15) is 18.1 Å². The molecule has 0 saturated carbocycles. The molecule has 0 radical (unpaired) electrons. The van der Waals surface area contributed by atoms with E-state index in [1.807, 2.05) is 30.3 Å². The third-order valence-corrected chi connectivity index (χ3v) is 5.84. The number of rotatable bonds is 6. The number of anilines is 2. The molecule has 1 heterocycles. The molecule has 0 bridgehead atoms. The largest absolute Gasteiger partial charge is 0.375 e. The fourth-order valence-corrected chi connectivity index (χ4v) is 3.56. The minimum Gasteiger partial charge on any atom is -0.375 e. The van der Waals surface area contributed by atoms with E-state index < -0.39 is 0 Å². The Kier molecular flexibility index (Phi) is 5.80. The van der Waals surface area contributed by atoms with Crippen LogP contribution in [0.4, 0.5) is 22.7 Å². The summed E-state index contributed by atoms with van der Waals surface area (Å²) in [4.78, 5) is 9.25. The Morgan fingerprint density at radius 2 is 1.23 bits per heavy atom. The van der Waals surface area contributed by atoms with Crippen molar-refractivity contribution < 1.29 is 4.57 Å². The summed E-state index contributed by atoms with van der Waals surface area (Å²) in [5.74, 6) is 0. The Morgan fingerprint density at radius 3 is 1.90 bits per heavy atom. The van der Waals surface area contributed by atoms with E-state index in [9.17, 15) is 0 Å². The van der Waals surface area contributed by atoms with Crippen molar-refractivity contribution in [3.63, 3.8) is 0 Å². The second kappa shape index (κ2) is 8.68. The van der Waals surface area contributed by atoms with Crippen LogP contribution in [0.5, 0.6) is 0 Å². The average molecular weight is 414 g/mol. The minimum atomic E-state index is 0.806. The molecular formula is C25H29N6+. The number of aromatic nitrogens is 2. The lowest BCUT2D eigenvalue weighted by Gasteiger charge is -2.16. The van der Waals surface area contributed by atoms with Gasteiger partial charge in [-0.1, -0.05) is 0 Å². The van der Waals surface area contributed by atoms with Crippen molar-refractivity contribution in [2.45, 2.75) is 13.8 Å². The van der Waals surface area contributed by atoms with E-state index in [2.05, 4.69) is 89.9 Å². The van der Waals surface area contributed by atoms with Crippen molar-refractivity contribution >= 4 is 44.8 Å². The molecular weight excluding hydrogens is 384 g/mol. The second-order valence-electron chi connectivity index (χ2n) is 7.76. The Morgan fingerprint density at radius 1 is 0.710 bits per heavy atom. The van der Waals surface area contributed by atoms with Crippen molar-refractivity contribution in [3.8, 4) is 0 Å². The van der Waals surface area contributed by atoms with Crippen molar-refractivity contribution in [1.82, 2.24) is 4.98 Å². The summed E-state index contributed by atoms with van der Waals surface area (Å²) in [5, 5.41) is 8.88.